The summed E-state index contributed by atoms with van der Waals surface area (Å²) in [5.41, 5.74) is 1.22. The van der Waals surface area contributed by atoms with Gasteiger partial charge in [0.1, 0.15) is 0 Å². The van der Waals surface area contributed by atoms with Gasteiger partial charge in [-0.15, -0.1) is 0 Å². The Bertz CT molecular complexity index is 232. The van der Waals surface area contributed by atoms with Crippen molar-refractivity contribution in [1.82, 2.24) is 0 Å². The van der Waals surface area contributed by atoms with Crippen LogP contribution in [0.5, 0.6) is 0 Å². The average molecular weight is 131 g/mol. The molecule has 0 heterocycles. The predicted molar refractivity (Wildman–Crippen MR) is 42.4 cm³/mol. The molecule has 10 heavy (non-hydrogen) atoms. The molecule has 0 bridgehead atoms. The van der Waals surface area contributed by atoms with Gasteiger partial charge in [-0.25, -0.2) is 0 Å². The van der Waals surface area contributed by atoms with Gasteiger partial charge in [0.2, 0.25) is 0 Å². The van der Waals surface area contributed by atoms with Crippen LogP contribution in [-0.4, -0.2) is 5.87 Å². The van der Waals surface area contributed by atoms with E-state index in [1.54, 1.807) is 6.08 Å². The molecule has 0 saturated carbocycles. The van der Waals surface area contributed by atoms with Crippen LogP contribution >= 0.6 is 0 Å². The SMILES string of the molecule is N=C=CCc1ccccc1. The molecule has 0 fully saturated rings. The molecule has 0 aliphatic rings. The number of hydrogen-bond donors (Lipinski definition) is 1. The summed E-state index contributed by atoms with van der Waals surface area (Å²) in [5.74, 6) is 2.24. The Balaban J connectivity index is 2.67. The first-order chi connectivity index (χ1) is 4.93. The predicted octanol–water partition coefficient (Wildman–Crippen LogP) is 2.03. The van der Waals surface area contributed by atoms with Gasteiger partial charge < -0.3 is 0 Å². The fourth-order valence-corrected chi connectivity index (χ4v) is 0.783. The minimum absolute atomic E-state index is 0.810. The molecular formula is C9H9N. The van der Waals surface area contributed by atoms with E-state index in [-0.39, 0.29) is 0 Å². The fourth-order valence-electron chi connectivity index (χ4n) is 0.783. The zero-order chi connectivity index (χ0) is 7.23. The van der Waals surface area contributed by atoms with Crippen molar-refractivity contribution in [1.29, 1.82) is 5.41 Å². The molecule has 0 amide bonds. The van der Waals surface area contributed by atoms with Crippen molar-refractivity contribution in [3.63, 3.8) is 0 Å². The maximum atomic E-state index is 6.65. The second kappa shape index (κ2) is 3.65. The molecule has 0 atom stereocenters. The summed E-state index contributed by atoms with van der Waals surface area (Å²) in [6.07, 6.45) is 2.51. The van der Waals surface area contributed by atoms with Gasteiger partial charge in [0, 0.05) is 0 Å². The lowest BCUT2D eigenvalue weighted by Crippen LogP contribution is -1.77. The molecule has 0 aromatic heterocycles. The zero-order valence-electron chi connectivity index (χ0n) is 5.67. The number of rotatable bonds is 2. The van der Waals surface area contributed by atoms with Crippen molar-refractivity contribution in [3.8, 4) is 0 Å². The van der Waals surface area contributed by atoms with E-state index in [0.717, 1.165) is 6.42 Å². The van der Waals surface area contributed by atoms with E-state index in [9.17, 15) is 0 Å². The van der Waals surface area contributed by atoms with Crippen LogP contribution < -0.4 is 0 Å². The highest BCUT2D eigenvalue weighted by molar-refractivity contribution is 5.48. The van der Waals surface area contributed by atoms with E-state index < -0.39 is 0 Å². The molecule has 1 heteroatoms. The maximum absolute atomic E-state index is 6.65. The zero-order valence-corrected chi connectivity index (χ0v) is 5.67. The van der Waals surface area contributed by atoms with Gasteiger partial charge in [0.15, 0.2) is 0 Å². The fraction of sp³-hybridized carbons (Fsp3) is 0.111. The first kappa shape index (κ1) is 6.79. The Labute approximate surface area is 60.5 Å². The van der Waals surface area contributed by atoms with Crippen LogP contribution in [0.15, 0.2) is 36.4 Å². The van der Waals surface area contributed by atoms with Gasteiger partial charge in [-0.3, -0.25) is 5.41 Å². The van der Waals surface area contributed by atoms with Crippen molar-refractivity contribution in [2.75, 3.05) is 0 Å². The lowest BCUT2D eigenvalue weighted by atomic mass is 10.2. The summed E-state index contributed by atoms with van der Waals surface area (Å²) in [7, 11) is 0. The van der Waals surface area contributed by atoms with Gasteiger partial charge in [-0.05, 0) is 23.9 Å². The van der Waals surface area contributed by atoms with Gasteiger partial charge in [-0.2, -0.15) is 0 Å². The summed E-state index contributed by atoms with van der Waals surface area (Å²) < 4.78 is 0. The standard InChI is InChI=1S/C9H9N/c10-8-4-7-9-5-2-1-3-6-9/h1-6,10H,7H2. The molecule has 1 aromatic rings. The van der Waals surface area contributed by atoms with Crippen molar-refractivity contribution >= 4 is 5.87 Å². The lowest BCUT2D eigenvalue weighted by Gasteiger charge is -1.90. The molecule has 1 aromatic carbocycles. The second-order valence-electron chi connectivity index (χ2n) is 2.04. The molecule has 50 valence electrons. The van der Waals surface area contributed by atoms with E-state index in [1.165, 1.54) is 5.56 Å². The van der Waals surface area contributed by atoms with Gasteiger partial charge in [-0.1, -0.05) is 30.3 Å². The first-order valence-electron chi connectivity index (χ1n) is 3.21. The van der Waals surface area contributed by atoms with Crippen molar-refractivity contribution in [2.45, 2.75) is 6.42 Å². The Hall–Kier alpha value is -1.33. The highest BCUT2D eigenvalue weighted by Crippen LogP contribution is 1.98. The van der Waals surface area contributed by atoms with Crippen molar-refractivity contribution < 1.29 is 0 Å². The van der Waals surface area contributed by atoms with Crippen molar-refractivity contribution in [2.24, 2.45) is 0 Å². The smallest absolute Gasteiger partial charge is 0.000594 e. The van der Waals surface area contributed by atoms with Gasteiger partial charge in [0.05, 0.1) is 0 Å². The molecule has 0 aliphatic heterocycles. The lowest BCUT2D eigenvalue weighted by molar-refractivity contribution is 1.28. The van der Waals surface area contributed by atoms with Crippen LogP contribution in [0.3, 0.4) is 0 Å². The number of benzene rings is 1. The van der Waals surface area contributed by atoms with Crippen LogP contribution in [0.2, 0.25) is 0 Å². The monoisotopic (exact) mass is 131 g/mol. The van der Waals surface area contributed by atoms with E-state index in [2.05, 4.69) is 5.87 Å². The Morgan fingerprint density at radius 3 is 2.60 bits per heavy atom. The van der Waals surface area contributed by atoms with Crippen LogP contribution in [0, 0.1) is 5.41 Å². The first-order valence-corrected chi connectivity index (χ1v) is 3.21. The van der Waals surface area contributed by atoms with Crippen LogP contribution in [0.4, 0.5) is 0 Å². The van der Waals surface area contributed by atoms with Crippen LogP contribution in [-0.2, 0) is 6.42 Å². The van der Waals surface area contributed by atoms with E-state index in [4.69, 9.17) is 5.41 Å². The maximum Gasteiger partial charge on any atom is -0.000594 e. The molecular weight excluding hydrogens is 122 g/mol. The minimum atomic E-state index is 0.810. The molecule has 1 rings (SSSR count). The third-order valence-electron chi connectivity index (χ3n) is 1.28. The summed E-state index contributed by atoms with van der Waals surface area (Å²) >= 11 is 0. The minimum Gasteiger partial charge on any atom is -0.259 e. The summed E-state index contributed by atoms with van der Waals surface area (Å²) in [6.45, 7) is 0. The highest BCUT2D eigenvalue weighted by atomic mass is 14.3. The Morgan fingerprint density at radius 1 is 1.30 bits per heavy atom. The highest BCUT2D eigenvalue weighted by Gasteiger charge is 1.83. The van der Waals surface area contributed by atoms with E-state index in [0.29, 0.717) is 0 Å². The molecule has 0 saturated heterocycles. The summed E-state index contributed by atoms with van der Waals surface area (Å²) in [6, 6.07) is 10.0. The molecule has 1 nitrogen and oxygen atoms in total. The van der Waals surface area contributed by atoms with Gasteiger partial charge in [0.25, 0.3) is 0 Å². The molecule has 1 N–H and O–H groups in total. The average Bonchev–Trinajstić information content (AvgIpc) is 2.03. The normalized spacial score (nSPS) is 8.40. The van der Waals surface area contributed by atoms with Crippen LogP contribution in [0.25, 0.3) is 0 Å². The van der Waals surface area contributed by atoms with E-state index >= 15 is 0 Å². The molecule has 0 spiro atoms. The quantitative estimate of drug-likeness (QED) is 0.594. The third-order valence-corrected chi connectivity index (χ3v) is 1.28. The molecule has 0 aliphatic carbocycles. The third kappa shape index (κ3) is 1.88. The molecule has 0 unspecified atom stereocenters. The largest absolute Gasteiger partial charge is 0.259 e. The Kier molecular flexibility index (Phi) is 2.48. The summed E-state index contributed by atoms with van der Waals surface area (Å²) in [4.78, 5) is 0. The second-order valence-corrected chi connectivity index (χ2v) is 2.04. The van der Waals surface area contributed by atoms with Crippen molar-refractivity contribution in [3.05, 3.63) is 42.0 Å². The van der Waals surface area contributed by atoms with Gasteiger partial charge >= 0.3 is 0 Å². The topological polar surface area (TPSA) is 23.9 Å². The van der Waals surface area contributed by atoms with Crippen LogP contribution in [0.1, 0.15) is 5.56 Å². The number of hydrogen-bond acceptors (Lipinski definition) is 1. The Morgan fingerprint density at radius 2 is 2.00 bits per heavy atom. The number of nitrogens with one attached hydrogen (secondary N) is 1. The molecule has 0 radical (unpaired) electrons. The number of allylic oxidation sites excluding steroid dienone is 1. The summed E-state index contributed by atoms with van der Waals surface area (Å²) in [5, 5.41) is 6.65. The van der Waals surface area contributed by atoms with E-state index in [1.807, 2.05) is 30.3 Å².